The van der Waals surface area contributed by atoms with Gasteiger partial charge >= 0.3 is 0 Å². The molecule has 0 bridgehead atoms. The molecule has 1 rings (SSSR count). The Hall–Kier alpha value is -1.16. The van der Waals surface area contributed by atoms with E-state index < -0.39 is 8.32 Å². The van der Waals surface area contributed by atoms with E-state index in [0.29, 0.717) is 11.4 Å². The molecule has 0 saturated heterocycles. The highest BCUT2D eigenvalue weighted by molar-refractivity contribution is 6.74. The molecular weight excluding hydrogens is 230 g/mol. The van der Waals surface area contributed by atoms with Crippen LogP contribution in [0.3, 0.4) is 0 Å². The van der Waals surface area contributed by atoms with Crippen LogP contribution in [0.4, 0.5) is 5.69 Å². The van der Waals surface area contributed by atoms with Crippen molar-refractivity contribution in [2.45, 2.75) is 38.9 Å². The summed E-state index contributed by atoms with van der Waals surface area (Å²) >= 11 is 0. The van der Waals surface area contributed by atoms with Crippen molar-refractivity contribution in [1.29, 1.82) is 0 Å². The second kappa shape index (κ2) is 4.60. The molecule has 0 amide bonds. The van der Waals surface area contributed by atoms with Crippen LogP contribution in [-0.2, 0) is 0 Å². The maximum absolute atomic E-state index is 6.15. The molecule has 17 heavy (non-hydrogen) atoms. The van der Waals surface area contributed by atoms with Gasteiger partial charge in [-0.3, -0.25) is 0 Å². The van der Waals surface area contributed by atoms with Crippen LogP contribution in [0, 0.1) is 0 Å². The highest BCUT2D eigenvalue weighted by Crippen LogP contribution is 2.38. The zero-order valence-electron chi connectivity index (χ0n) is 11.6. The molecule has 0 aliphatic carbocycles. The Kier molecular flexibility index (Phi) is 3.77. The van der Waals surface area contributed by atoms with Crippen molar-refractivity contribution in [3.05, 3.63) is 18.2 Å². The fraction of sp³-hybridized carbons (Fsp3) is 0.538. The van der Waals surface area contributed by atoms with Crippen molar-refractivity contribution in [2.75, 3.05) is 12.8 Å². The van der Waals surface area contributed by atoms with Crippen molar-refractivity contribution < 1.29 is 9.16 Å². The van der Waals surface area contributed by atoms with Crippen molar-refractivity contribution >= 4 is 14.0 Å². The lowest BCUT2D eigenvalue weighted by atomic mass is 10.2. The predicted octanol–water partition coefficient (Wildman–Crippen LogP) is 3.66. The molecule has 0 saturated carbocycles. The van der Waals surface area contributed by atoms with E-state index in [-0.39, 0.29) is 5.04 Å². The Morgan fingerprint density at radius 2 is 1.76 bits per heavy atom. The molecule has 0 unspecified atom stereocenters. The van der Waals surface area contributed by atoms with Crippen LogP contribution < -0.4 is 14.9 Å². The van der Waals surface area contributed by atoms with E-state index in [1.165, 1.54) is 0 Å². The van der Waals surface area contributed by atoms with E-state index in [9.17, 15) is 0 Å². The van der Waals surface area contributed by atoms with Crippen molar-refractivity contribution in [3.8, 4) is 11.5 Å². The molecule has 1 aromatic rings. The minimum Gasteiger partial charge on any atom is -0.543 e. The summed E-state index contributed by atoms with van der Waals surface area (Å²) in [7, 11) is -0.181. The Bertz CT molecular complexity index is 397. The Morgan fingerprint density at radius 3 is 2.18 bits per heavy atom. The summed E-state index contributed by atoms with van der Waals surface area (Å²) in [6.45, 7) is 11.1. The fourth-order valence-electron chi connectivity index (χ4n) is 1.22. The summed E-state index contributed by atoms with van der Waals surface area (Å²) in [5.41, 5.74) is 6.48. The van der Waals surface area contributed by atoms with Crippen LogP contribution in [-0.4, -0.2) is 15.4 Å². The first kappa shape index (κ1) is 13.9. The molecule has 0 spiro atoms. The highest BCUT2D eigenvalue weighted by atomic mass is 28.4. The van der Waals surface area contributed by atoms with Crippen LogP contribution >= 0.6 is 0 Å². The van der Waals surface area contributed by atoms with E-state index in [1.54, 1.807) is 7.11 Å². The third-order valence-corrected chi connectivity index (χ3v) is 7.74. The number of methoxy groups -OCH3 is 1. The van der Waals surface area contributed by atoms with Gasteiger partial charge in [-0.2, -0.15) is 0 Å². The standard InChI is InChI=1S/C13H23NO2Si/c1-13(2,3)17(5,6)16-10-7-8-12(15-4)11(14)9-10/h7-9H,14H2,1-6H3. The quantitative estimate of drug-likeness (QED) is 0.660. The van der Waals surface area contributed by atoms with Gasteiger partial charge in [0.05, 0.1) is 12.8 Å². The maximum atomic E-state index is 6.15. The van der Waals surface area contributed by atoms with Gasteiger partial charge in [0, 0.05) is 6.07 Å². The van der Waals surface area contributed by atoms with Crippen LogP contribution in [0.5, 0.6) is 11.5 Å². The third kappa shape index (κ3) is 3.16. The van der Waals surface area contributed by atoms with Crippen molar-refractivity contribution in [3.63, 3.8) is 0 Å². The van der Waals surface area contributed by atoms with Gasteiger partial charge in [0.25, 0.3) is 0 Å². The number of ether oxygens (including phenoxy) is 1. The van der Waals surface area contributed by atoms with Gasteiger partial charge in [-0.15, -0.1) is 0 Å². The van der Waals surface area contributed by atoms with Gasteiger partial charge in [-0.1, -0.05) is 20.8 Å². The lowest BCUT2D eigenvalue weighted by Gasteiger charge is -2.36. The second-order valence-electron chi connectivity index (χ2n) is 5.77. The number of hydrogen-bond acceptors (Lipinski definition) is 3. The molecule has 0 atom stereocenters. The van der Waals surface area contributed by atoms with Crippen LogP contribution in [0.1, 0.15) is 20.8 Å². The molecule has 0 radical (unpaired) electrons. The summed E-state index contributed by atoms with van der Waals surface area (Å²) in [6.07, 6.45) is 0. The van der Waals surface area contributed by atoms with Crippen molar-refractivity contribution in [2.24, 2.45) is 0 Å². The molecule has 0 aromatic heterocycles. The SMILES string of the molecule is COc1ccc(O[Si](C)(C)C(C)(C)C)cc1N. The van der Waals surface area contributed by atoms with E-state index >= 15 is 0 Å². The lowest BCUT2D eigenvalue weighted by molar-refractivity contribution is 0.415. The predicted molar refractivity (Wildman–Crippen MR) is 75.2 cm³/mol. The minimum atomic E-state index is -1.79. The van der Waals surface area contributed by atoms with Gasteiger partial charge in [-0.05, 0) is 30.3 Å². The molecule has 3 nitrogen and oxygen atoms in total. The Morgan fingerprint density at radius 1 is 1.18 bits per heavy atom. The van der Waals surface area contributed by atoms with Crippen LogP contribution in [0.2, 0.25) is 18.1 Å². The number of nitrogens with two attached hydrogens (primary N) is 1. The van der Waals surface area contributed by atoms with E-state index in [0.717, 1.165) is 5.75 Å². The molecule has 96 valence electrons. The second-order valence-corrected chi connectivity index (χ2v) is 10.5. The molecule has 0 aliphatic rings. The first-order valence-electron chi connectivity index (χ1n) is 5.80. The number of benzene rings is 1. The summed E-state index contributed by atoms with van der Waals surface area (Å²) in [4.78, 5) is 0. The largest absolute Gasteiger partial charge is 0.543 e. The van der Waals surface area contributed by atoms with Gasteiger partial charge < -0.3 is 14.9 Å². The van der Waals surface area contributed by atoms with Gasteiger partial charge in [0.1, 0.15) is 11.5 Å². The molecule has 0 fully saturated rings. The topological polar surface area (TPSA) is 44.5 Å². The Labute approximate surface area is 105 Å². The number of anilines is 1. The van der Waals surface area contributed by atoms with Gasteiger partial charge in [-0.25, -0.2) is 0 Å². The number of hydrogen-bond donors (Lipinski definition) is 1. The fourth-order valence-corrected chi connectivity index (χ4v) is 2.25. The molecule has 1 aromatic carbocycles. The maximum Gasteiger partial charge on any atom is 0.250 e. The molecule has 4 heteroatoms. The van der Waals surface area contributed by atoms with Gasteiger partial charge in [0.15, 0.2) is 0 Å². The molecular formula is C13H23NO2Si. The van der Waals surface area contributed by atoms with E-state index in [2.05, 4.69) is 33.9 Å². The van der Waals surface area contributed by atoms with Gasteiger partial charge in [0.2, 0.25) is 8.32 Å². The van der Waals surface area contributed by atoms with E-state index in [1.807, 2.05) is 18.2 Å². The van der Waals surface area contributed by atoms with E-state index in [4.69, 9.17) is 14.9 Å². The summed E-state index contributed by atoms with van der Waals surface area (Å²) < 4.78 is 11.3. The average molecular weight is 253 g/mol. The van der Waals surface area contributed by atoms with Crippen LogP contribution in [0.25, 0.3) is 0 Å². The third-order valence-electron chi connectivity index (χ3n) is 3.38. The first-order valence-corrected chi connectivity index (χ1v) is 8.71. The smallest absolute Gasteiger partial charge is 0.250 e. The number of nitrogen functional groups attached to an aromatic ring is 1. The zero-order valence-corrected chi connectivity index (χ0v) is 12.6. The lowest BCUT2D eigenvalue weighted by Crippen LogP contribution is -2.43. The zero-order chi connectivity index (χ0) is 13.3. The monoisotopic (exact) mass is 253 g/mol. The minimum absolute atomic E-state index is 0.182. The Balaban J connectivity index is 2.93. The average Bonchev–Trinajstić information content (AvgIpc) is 2.15. The summed E-state index contributed by atoms with van der Waals surface area (Å²) in [5.74, 6) is 1.52. The summed E-state index contributed by atoms with van der Waals surface area (Å²) in [6, 6.07) is 5.59. The van der Waals surface area contributed by atoms with Crippen LogP contribution in [0.15, 0.2) is 18.2 Å². The first-order chi connectivity index (χ1) is 7.67. The highest BCUT2D eigenvalue weighted by Gasteiger charge is 2.38. The normalized spacial score (nSPS) is 12.4. The summed E-state index contributed by atoms with van der Waals surface area (Å²) in [5, 5.41) is 0.182. The van der Waals surface area contributed by atoms with Crippen molar-refractivity contribution in [1.82, 2.24) is 0 Å². The molecule has 2 N–H and O–H groups in total. The molecule has 0 heterocycles. The number of rotatable bonds is 3. The molecule has 0 aliphatic heterocycles.